The molecule has 0 radical (unpaired) electrons. The van der Waals surface area contributed by atoms with Gasteiger partial charge < -0.3 is 14.2 Å². The van der Waals surface area contributed by atoms with E-state index in [-0.39, 0.29) is 24.4 Å². The summed E-state index contributed by atoms with van der Waals surface area (Å²) < 4.78 is 92.1. The van der Waals surface area contributed by atoms with E-state index in [1.807, 2.05) is 20.8 Å². The smallest absolute Gasteiger partial charge is 0.411 e. The van der Waals surface area contributed by atoms with E-state index in [4.69, 9.17) is 9.47 Å². The zero-order chi connectivity index (χ0) is 24.9. The van der Waals surface area contributed by atoms with E-state index >= 15 is 0 Å². The average Bonchev–Trinajstić information content (AvgIpc) is 2.61. The first-order valence-electron chi connectivity index (χ1n) is 11.2. The van der Waals surface area contributed by atoms with Crippen molar-refractivity contribution in [2.24, 2.45) is 23.2 Å². The van der Waals surface area contributed by atoms with Crippen molar-refractivity contribution in [2.75, 3.05) is 13.2 Å². The summed E-state index contributed by atoms with van der Waals surface area (Å²) in [6, 6.07) is 0. The Morgan fingerprint density at radius 3 is 1.91 bits per heavy atom. The van der Waals surface area contributed by atoms with Crippen molar-refractivity contribution in [2.45, 2.75) is 89.3 Å². The number of carbonyl (C=O) groups is 2. The molecule has 0 aromatic rings. The molecule has 0 heterocycles. The van der Waals surface area contributed by atoms with Crippen LogP contribution in [0.25, 0.3) is 0 Å². The number of hydrogen-bond donors (Lipinski definition) is 0. The van der Waals surface area contributed by atoms with E-state index < -0.39 is 47.5 Å². The van der Waals surface area contributed by atoms with Gasteiger partial charge in [0.15, 0.2) is 0 Å². The third-order valence-electron chi connectivity index (χ3n) is 7.33. The summed E-state index contributed by atoms with van der Waals surface area (Å²) in [5.41, 5.74) is -2.01. The molecule has 4 rings (SSSR count). The molecule has 0 aliphatic heterocycles. The maximum atomic E-state index is 12.7. The average molecular weight is 488 g/mol. The van der Waals surface area contributed by atoms with Gasteiger partial charge >= 0.3 is 24.3 Å². The molecule has 4 saturated carbocycles. The van der Waals surface area contributed by atoms with Crippen LogP contribution in [-0.2, 0) is 23.8 Å². The van der Waals surface area contributed by atoms with E-state index in [0.29, 0.717) is 38.5 Å². The number of esters is 2. The minimum atomic E-state index is -5.79. The van der Waals surface area contributed by atoms with Crippen LogP contribution in [0.2, 0.25) is 0 Å². The van der Waals surface area contributed by atoms with Gasteiger partial charge in [-0.1, -0.05) is 6.92 Å². The van der Waals surface area contributed by atoms with Gasteiger partial charge in [-0.2, -0.15) is 26.3 Å². The highest BCUT2D eigenvalue weighted by Gasteiger charge is 2.63. The lowest BCUT2D eigenvalue weighted by atomic mass is 9.52. The van der Waals surface area contributed by atoms with Gasteiger partial charge in [-0.25, -0.2) is 0 Å². The summed E-state index contributed by atoms with van der Waals surface area (Å²) in [4.78, 5) is 24.2. The monoisotopic (exact) mass is 488 g/mol. The summed E-state index contributed by atoms with van der Waals surface area (Å²) in [5, 5.41) is 0. The molecule has 4 bridgehead atoms. The number of hydrogen-bond acceptors (Lipinski definition) is 5. The molecule has 190 valence electrons. The van der Waals surface area contributed by atoms with E-state index in [1.54, 1.807) is 0 Å². The fourth-order valence-corrected chi connectivity index (χ4v) is 5.80. The van der Waals surface area contributed by atoms with Crippen molar-refractivity contribution in [1.29, 1.82) is 0 Å². The Kier molecular flexibility index (Phi) is 6.80. The molecule has 2 unspecified atom stereocenters. The summed E-state index contributed by atoms with van der Waals surface area (Å²) in [6.07, 6.45) is -6.82. The molecular weight excluding hydrogens is 458 g/mol. The molecule has 0 spiro atoms. The second-order valence-corrected chi connectivity index (χ2v) is 10.5. The van der Waals surface area contributed by atoms with E-state index in [9.17, 15) is 35.9 Å². The second kappa shape index (κ2) is 8.61. The molecule has 5 nitrogen and oxygen atoms in total. The predicted molar refractivity (Wildman–Crippen MR) is 103 cm³/mol. The Hall–Kier alpha value is -1.52. The van der Waals surface area contributed by atoms with E-state index in [2.05, 4.69) is 4.74 Å². The Morgan fingerprint density at radius 2 is 1.42 bits per heavy atom. The van der Waals surface area contributed by atoms with Gasteiger partial charge in [0.25, 0.3) is 0 Å². The first-order chi connectivity index (χ1) is 15.0. The van der Waals surface area contributed by atoms with Gasteiger partial charge in [0, 0.05) is 6.42 Å². The van der Waals surface area contributed by atoms with Crippen molar-refractivity contribution >= 4 is 11.9 Å². The van der Waals surface area contributed by atoms with Crippen LogP contribution in [0.1, 0.15) is 65.7 Å². The number of rotatable bonds is 8. The highest BCUT2D eigenvalue weighted by molar-refractivity contribution is 5.76. The van der Waals surface area contributed by atoms with Gasteiger partial charge in [-0.15, -0.1) is 0 Å². The van der Waals surface area contributed by atoms with Crippen molar-refractivity contribution in [3.8, 4) is 0 Å². The molecule has 0 aromatic carbocycles. The Balaban J connectivity index is 1.60. The molecule has 4 aliphatic carbocycles. The van der Waals surface area contributed by atoms with Crippen LogP contribution in [0.4, 0.5) is 26.3 Å². The highest BCUT2D eigenvalue weighted by atomic mass is 19.4. The summed E-state index contributed by atoms with van der Waals surface area (Å²) in [6.45, 7) is 4.46. The molecule has 4 aliphatic rings. The first kappa shape index (κ1) is 26.1. The van der Waals surface area contributed by atoms with Gasteiger partial charge in [-0.3, -0.25) is 9.59 Å². The first-order valence-corrected chi connectivity index (χ1v) is 11.2. The standard InChI is InChI=1S/C22H30F6O5/c1-4-18(2,3)17(30)33-20-10-13-7-14(11-20)9-19(8-13,12-20)32-6-5-31-16(29)15(21(23,24)25)22(26,27)28/h13-15H,4-12H2,1-3H3. The minimum Gasteiger partial charge on any atom is -0.463 e. The van der Waals surface area contributed by atoms with Crippen LogP contribution in [0.15, 0.2) is 0 Å². The molecule has 11 heteroatoms. The van der Waals surface area contributed by atoms with Gasteiger partial charge in [0.2, 0.25) is 5.92 Å². The quantitative estimate of drug-likeness (QED) is 0.262. The molecule has 0 amide bonds. The number of halogens is 6. The van der Waals surface area contributed by atoms with Crippen LogP contribution >= 0.6 is 0 Å². The molecule has 0 N–H and O–H groups in total. The van der Waals surface area contributed by atoms with Gasteiger partial charge in [0.05, 0.1) is 17.6 Å². The van der Waals surface area contributed by atoms with Crippen molar-refractivity contribution < 1.29 is 50.1 Å². The lowest BCUT2D eigenvalue weighted by Crippen LogP contribution is -2.62. The third kappa shape index (κ3) is 5.59. The summed E-state index contributed by atoms with van der Waals surface area (Å²) in [5.74, 6) is -6.36. The minimum absolute atomic E-state index is 0.256. The highest BCUT2D eigenvalue weighted by Crippen LogP contribution is 2.60. The molecule has 4 fully saturated rings. The van der Waals surface area contributed by atoms with E-state index in [0.717, 1.165) is 6.42 Å². The molecule has 2 atom stereocenters. The van der Waals surface area contributed by atoms with Crippen molar-refractivity contribution in [1.82, 2.24) is 0 Å². The number of alkyl halides is 6. The van der Waals surface area contributed by atoms with Crippen LogP contribution in [0, 0.1) is 23.2 Å². The normalized spacial score (nSPS) is 31.7. The van der Waals surface area contributed by atoms with Crippen LogP contribution in [-0.4, -0.2) is 48.7 Å². The second-order valence-electron chi connectivity index (χ2n) is 10.5. The molecule has 33 heavy (non-hydrogen) atoms. The maximum Gasteiger partial charge on any atom is 0.411 e. The van der Waals surface area contributed by atoms with Crippen molar-refractivity contribution in [3.63, 3.8) is 0 Å². The lowest BCUT2D eigenvalue weighted by molar-refractivity contribution is -0.283. The fourth-order valence-electron chi connectivity index (χ4n) is 5.80. The lowest BCUT2D eigenvalue weighted by Gasteiger charge is -2.61. The maximum absolute atomic E-state index is 12.7. The zero-order valence-corrected chi connectivity index (χ0v) is 18.9. The summed E-state index contributed by atoms with van der Waals surface area (Å²) >= 11 is 0. The largest absolute Gasteiger partial charge is 0.463 e. The number of ether oxygens (including phenoxy) is 3. The van der Waals surface area contributed by atoms with Gasteiger partial charge in [-0.05, 0) is 64.2 Å². The van der Waals surface area contributed by atoms with Crippen LogP contribution in [0.5, 0.6) is 0 Å². The van der Waals surface area contributed by atoms with Crippen LogP contribution < -0.4 is 0 Å². The summed E-state index contributed by atoms with van der Waals surface area (Å²) in [7, 11) is 0. The molecule has 0 saturated heterocycles. The SMILES string of the molecule is CCC(C)(C)C(=O)OC12CC3CC(CC(OCCOC(=O)C(C(F)(F)F)C(F)(F)F)(C3)C1)C2. The predicted octanol–water partition coefficient (Wildman–Crippen LogP) is 5.36. The Morgan fingerprint density at radius 1 is 0.909 bits per heavy atom. The number of carbonyl (C=O) groups excluding carboxylic acids is 2. The fraction of sp³-hybridized carbons (Fsp3) is 0.909. The Bertz CT molecular complexity index is 731. The van der Waals surface area contributed by atoms with E-state index in [1.165, 1.54) is 0 Å². The molecular formula is C22H30F6O5. The van der Waals surface area contributed by atoms with Gasteiger partial charge in [0.1, 0.15) is 12.2 Å². The Labute approximate surface area is 188 Å². The third-order valence-corrected chi connectivity index (χ3v) is 7.33. The van der Waals surface area contributed by atoms with Crippen LogP contribution in [0.3, 0.4) is 0 Å². The van der Waals surface area contributed by atoms with Crippen molar-refractivity contribution in [3.05, 3.63) is 0 Å². The molecule has 0 aromatic heterocycles. The topological polar surface area (TPSA) is 61.8 Å². The zero-order valence-electron chi connectivity index (χ0n) is 18.9.